The molecule has 1 heterocycles. The maximum atomic E-state index is 6.04. The van der Waals surface area contributed by atoms with Gasteiger partial charge in [-0.05, 0) is 19.3 Å². The van der Waals surface area contributed by atoms with Crippen LogP contribution in [-0.4, -0.2) is 41.1 Å². The number of nitrogens with zero attached hydrogens (tertiary/aromatic N) is 1. The van der Waals surface area contributed by atoms with Crippen LogP contribution in [0.5, 0.6) is 0 Å². The summed E-state index contributed by atoms with van der Waals surface area (Å²) in [6, 6.07) is 0.941. The minimum atomic E-state index is 0.218. The van der Waals surface area contributed by atoms with Crippen molar-refractivity contribution in [3.63, 3.8) is 0 Å². The van der Waals surface area contributed by atoms with Crippen LogP contribution in [-0.2, 0) is 0 Å². The van der Waals surface area contributed by atoms with Crippen molar-refractivity contribution in [1.29, 1.82) is 0 Å². The van der Waals surface area contributed by atoms with E-state index < -0.39 is 0 Å². The normalized spacial score (nSPS) is 31.6. The standard InChI is InChI=1S/C12H26N2S/c1-9-10(2)15-7-6-14(9)8-12(4,5)11(3)13/h9-11H,6-8,13H2,1-5H3. The molecule has 0 aliphatic carbocycles. The van der Waals surface area contributed by atoms with Crippen molar-refractivity contribution in [3.05, 3.63) is 0 Å². The Morgan fingerprint density at radius 3 is 2.60 bits per heavy atom. The van der Waals surface area contributed by atoms with Crippen LogP contribution in [0.4, 0.5) is 0 Å². The first-order chi connectivity index (χ1) is 6.84. The van der Waals surface area contributed by atoms with E-state index in [2.05, 4.69) is 51.3 Å². The van der Waals surface area contributed by atoms with Gasteiger partial charge in [0.15, 0.2) is 0 Å². The average molecular weight is 230 g/mol. The Morgan fingerprint density at radius 2 is 2.07 bits per heavy atom. The molecule has 3 heteroatoms. The molecule has 2 nitrogen and oxygen atoms in total. The largest absolute Gasteiger partial charge is 0.327 e. The smallest absolute Gasteiger partial charge is 0.0184 e. The van der Waals surface area contributed by atoms with E-state index in [1.165, 1.54) is 12.3 Å². The number of hydrogen-bond acceptors (Lipinski definition) is 3. The number of nitrogens with two attached hydrogens (primary N) is 1. The molecule has 0 amide bonds. The highest BCUT2D eigenvalue weighted by Gasteiger charge is 2.31. The summed E-state index contributed by atoms with van der Waals surface area (Å²) in [5, 5.41) is 0.752. The van der Waals surface area contributed by atoms with Crippen LogP contribution in [0.25, 0.3) is 0 Å². The van der Waals surface area contributed by atoms with E-state index in [0.717, 1.165) is 11.8 Å². The minimum Gasteiger partial charge on any atom is -0.327 e. The quantitative estimate of drug-likeness (QED) is 0.806. The molecule has 90 valence electrons. The number of rotatable bonds is 3. The maximum absolute atomic E-state index is 6.04. The summed E-state index contributed by atoms with van der Waals surface area (Å²) in [5.41, 5.74) is 6.25. The van der Waals surface area contributed by atoms with E-state index in [1.54, 1.807) is 0 Å². The molecule has 1 saturated heterocycles. The molecule has 0 spiro atoms. The summed E-state index contributed by atoms with van der Waals surface area (Å²) in [7, 11) is 0. The maximum Gasteiger partial charge on any atom is 0.0184 e. The van der Waals surface area contributed by atoms with Crippen molar-refractivity contribution in [2.75, 3.05) is 18.8 Å². The van der Waals surface area contributed by atoms with Crippen molar-refractivity contribution in [2.24, 2.45) is 11.1 Å². The predicted octanol–water partition coefficient (Wildman–Crippen LogP) is 2.19. The van der Waals surface area contributed by atoms with Crippen LogP contribution in [0.15, 0.2) is 0 Å². The topological polar surface area (TPSA) is 29.3 Å². The number of thioether (sulfide) groups is 1. The second kappa shape index (κ2) is 5.07. The van der Waals surface area contributed by atoms with Crippen LogP contribution in [0.3, 0.4) is 0 Å². The minimum absolute atomic E-state index is 0.218. The zero-order valence-electron chi connectivity index (χ0n) is 10.8. The zero-order chi connectivity index (χ0) is 11.6. The first kappa shape index (κ1) is 13.3. The summed E-state index contributed by atoms with van der Waals surface area (Å²) in [6.07, 6.45) is 0. The molecule has 2 N–H and O–H groups in total. The van der Waals surface area contributed by atoms with E-state index in [1.807, 2.05) is 0 Å². The van der Waals surface area contributed by atoms with Crippen molar-refractivity contribution in [2.45, 2.75) is 52.0 Å². The molecular weight excluding hydrogens is 204 g/mol. The van der Waals surface area contributed by atoms with Crippen LogP contribution in [0.1, 0.15) is 34.6 Å². The molecule has 0 bridgehead atoms. The molecule has 3 unspecified atom stereocenters. The Morgan fingerprint density at radius 1 is 1.47 bits per heavy atom. The van der Waals surface area contributed by atoms with Gasteiger partial charge in [-0.1, -0.05) is 20.8 Å². The first-order valence-corrected chi connectivity index (χ1v) is 7.00. The van der Waals surface area contributed by atoms with E-state index in [0.29, 0.717) is 6.04 Å². The summed E-state index contributed by atoms with van der Waals surface area (Å²) in [4.78, 5) is 2.60. The Hall–Kier alpha value is 0.270. The molecule has 1 aliphatic rings. The second-order valence-corrected chi connectivity index (χ2v) is 7.05. The molecule has 0 saturated carbocycles. The Labute approximate surface area is 99.0 Å². The van der Waals surface area contributed by atoms with Crippen molar-refractivity contribution in [3.8, 4) is 0 Å². The Balaban J connectivity index is 2.57. The Kier molecular flexibility index (Phi) is 4.50. The summed E-state index contributed by atoms with van der Waals surface area (Å²) < 4.78 is 0. The SMILES string of the molecule is CC1SCCN(CC(C)(C)C(C)N)C1C. The van der Waals surface area contributed by atoms with Crippen LogP contribution in [0, 0.1) is 5.41 Å². The fourth-order valence-corrected chi connectivity index (χ4v) is 3.05. The van der Waals surface area contributed by atoms with E-state index >= 15 is 0 Å². The fraction of sp³-hybridized carbons (Fsp3) is 1.00. The molecule has 1 fully saturated rings. The van der Waals surface area contributed by atoms with Gasteiger partial charge in [-0.3, -0.25) is 4.90 Å². The lowest BCUT2D eigenvalue weighted by Gasteiger charge is -2.43. The summed E-state index contributed by atoms with van der Waals surface area (Å²) in [5.74, 6) is 1.26. The van der Waals surface area contributed by atoms with Gasteiger partial charge in [0, 0.05) is 36.2 Å². The monoisotopic (exact) mass is 230 g/mol. The highest BCUT2D eigenvalue weighted by atomic mass is 32.2. The van der Waals surface area contributed by atoms with Gasteiger partial charge in [0.05, 0.1) is 0 Å². The highest BCUT2D eigenvalue weighted by molar-refractivity contribution is 8.00. The predicted molar refractivity (Wildman–Crippen MR) is 70.4 cm³/mol. The van der Waals surface area contributed by atoms with Gasteiger partial charge in [-0.25, -0.2) is 0 Å². The average Bonchev–Trinajstić information content (AvgIpc) is 2.12. The van der Waals surface area contributed by atoms with Crippen LogP contribution < -0.4 is 5.73 Å². The molecule has 1 rings (SSSR count). The van der Waals surface area contributed by atoms with Gasteiger partial charge in [-0.2, -0.15) is 11.8 Å². The van der Waals surface area contributed by atoms with Crippen molar-refractivity contribution >= 4 is 11.8 Å². The van der Waals surface area contributed by atoms with Crippen molar-refractivity contribution in [1.82, 2.24) is 4.90 Å². The lowest BCUT2D eigenvalue weighted by Crippen LogP contribution is -2.51. The van der Waals surface area contributed by atoms with Crippen LogP contribution in [0.2, 0.25) is 0 Å². The zero-order valence-corrected chi connectivity index (χ0v) is 11.6. The van der Waals surface area contributed by atoms with Gasteiger partial charge in [0.2, 0.25) is 0 Å². The summed E-state index contributed by atoms with van der Waals surface area (Å²) in [6.45, 7) is 13.7. The van der Waals surface area contributed by atoms with Crippen LogP contribution >= 0.6 is 11.8 Å². The van der Waals surface area contributed by atoms with E-state index in [4.69, 9.17) is 5.73 Å². The molecule has 0 aromatic rings. The van der Waals surface area contributed by atoms with E-state index in [-0.39, 0.29) is 11.5 Å². The molecule has 1 aliphatic heterocycles. The van der Waals surface area contributed by atoms with Gasteiger partial charge in [-0.15, -0.1) is 0 Å². The van der Waals surface area contributed by atoms with Gasteiger partial charge < -0.3 is 5.73 Å². The number of hydrogen-bond donors (Lipinski definition) is 1. The lowest BCUT2D eigenvalue weighted by atomic mass is 9.85. The van der Waals surface area contributed by atoms with Gasteiger partial charge in [0.1, 0.15) is 0 Å². The highest BCUT2D eigenvalue weighted by Crippen LogP contribution is 2.28. The third-order valence-corrected chi connectivity index (χ3v) is 5.20. The first-order valence-electron chi connectivity index (χ1n) is 5.96. The molecule has 0 radical (unpaired) electrons. The van der Waals surface area contributed by atoms with Gasteiger partial charge in [0.25, 0.3) is 0 Å². The molecule has 3 atom stereocenters. The molecule has 15 heavy (non-hydrogen) atoms. The molecule has 0 aromatic heterocycles. The van der Waals surface area contributed by atoms with E-state index in [9.17, 15) is 0 Å². The Bertz CT molecular complexity index is 204. The second-order valence-electron chi connectivity index (χ2n) is 5.56. The lowest BCUT2D eigenvalue weighted by molar-refractivity contribution is 0.124. The third kappa shape index (κ3) is 3.36. The van der Waals surface area contributed by atoms with Gasteiger partial charge >= 0.3 is 0 Å². The fourth-order valence-electron chi connectivity index (χ4n) is 1.89. The third-order valence-electron chi connectivity index (χ3n) is 3.86. The summed E-state index contributed by atoms with van der Waals surface area (Å²) >= 11 is 2.09. The molecular formula is C12H26N2S. The molecule has 0 aromatic carbocycles. The van der Waals surface area contributed by atoms with Crippen molar-refractivity contribution < 1.29 is 0 Å².